The van der Waals surface area contributed by atoms with Crippen LogP contribution in [0, 0.1) is 0 Å². The van der Waals surface area contributed by atoms with Crippen LogP contribution in [0.2, 0.25) is 0 Å². The van der Waals surface area contributed by atoms with Gasteiger partial charge in [0, 0.05) is 13.7 Å². The molecule has 0 bridgehead atoms. The van der Waals surface area contributed by atoms with Crippen LogP contribution in [0.5, 0.6) is 11.5 Å². The van der Waals surface area contributed by atoms with Gasteiger partial charge in [0.2, 0.25) is 0 Å². The summed E-state index contributed by atoms with van der Waals surface area (Å²) in [5.41, 5.74) is 0.870. The van der Waals surface area contributed by atoms with Crippen LogP contribution >= 0.6 is 0 Å². The van der Waals surface area contributed by atoms with E-state index in [1.807, 2.05) is 6.92 Å². The molecular formula is C13H21NO4. The summed E-state index contributed by atoms with van der Waals surface area (Å²) in [5.74, 6) is 0.538. The normalized spacial score (nSPS) is 12.4. The van der Waals surface area contributed by atoms with Crippen molar-refractivity contribution in [2.24, 2.45) is 0 Å². The summed E-state index contributed by atoms with van der Waals surface area (Å²) in [5, 5.41) is 22.1. The predicted molar refractivity (Wildman–Crippen MR) is 69.0 cm³/mol. The number of benzene rings is 1. The van der Waals surface area contributed by atoms with Gasteiger partial charge in [0.15, 0.2) is 11.5 Å². The Morgan fingerprint density at radius 3 is 2.78 bits per heavy atom. The fourth-order valence-electron chi connectivity index (χ4n) is 1.64. The first-order valence-corrected chi connectivity index (χ1v) is 6.01. The Balaban J connectivity index is 2.75. The van der Waals surface area contributed by atoms with Crippen molar-refractivity contribution in [3.63, 3.8) is 0 Å². The molecule has 1 rings (SSSR count). The van der Waals surface area contributed by atoms with Gasteiger partial charge in [-0.25, -0.2) is 0 Å². The molecule has 0 aliphatic carbocycles. The van der Waals surface area contributed by atoms with Gasteiger partial charge in [-0.05, 0) is 24.6 Å². The third kappa shape index (κ3) is 4.18. The fourth-order valence-corrected chi connectivity index (χ4v) is 1.64. The Bertz CT molecular complexity index is 357. The van der Waals surface area contributed by atoms with Gasteiger partial charge in [-0.1, -0.05) is 6.07 Å². The average Bonchev–Trinajstić information content (AvgIpc) is 2.38. The molecule has 1 aromatic carbocycles. The fraction of sp³-hybridized carbons (Fsp3) is 0.538. The van der Waals surface area contributed by atoms with Crippen LogP contribution in [0.25, 0.3) is 0 Å². The monoisotopic (exact) mass is 255 g/mol. The Morgan fingerprint density at radius 1 is 1.39 bits per heavy atom. The summed E-state index contributed by atoms with van der Waals surface area (Å²) in [6, 6.07) is 4.87. The number of aliphatic hydroxyl groups excluding tert-OH is 1. The summed E-state index contributed by atoms with van der Waals surface area (Å²) >= 11 is 0. The van der Waals surface area contributed by atoms with Crippen molar-refractivity contribution in [3.8, 4) is 11.5 Å². The molecule has 5 nitrogen and oxygen atoms in total. The van der Waals surface area contributed by atoms with Gasteiger partial charge in [0.25, 0.3) is 0 Å². The number of phenols is 1. The molecule has 0 aliphatic rings. The van der Waals surface area contributed by atoms with E-state index in [0.717, 1.165) is 5.56 Å². The van der Waals surface area contributed by atoms with Gasteiger partial charge in [-0.15, -0.1) is 0 Å². The Labute approximate surface area is 107 Å². The van der Waals surface area contributed by atoms with Gasteiger partial charge in [-0.2, -0.15) is 0 Å². The minimum atomic E-state index is -0.194. The van der Waals surface area contributed by atoms with Crippen LogP contribution in [-0.4, -0.2) is 43.7 Å². The standard InChI is InChI=1S/C13H21NO4/c1-3-18-13-8-10(4-5-12(13)16)11(9-15)14-6-7-17-2/h4-5,8,11,14-16H,3,6-7,9H2,1-2H3. The number of nitrogens with one attached hydrogen (secondary N) is 1. The number of ether oxygens (including phenoxy) is 2. The van der Waals surface area contributed by atoms with Crippen LogP contribution < -0.4 is 10.1 Å². The molecule has 5 heteroatoms. The largest absolute Gasteiger partial charge is 0.504 e. The van der Waals surface area contributed by atoms with Gasteiger partial charge in [0.1, 0.15) is 0 Å². The van der Waals surface area contributed by atoms with Crippen LogP contribution in [0.1, 0.15) is 18.5 Å². The van der Waals surface area contributed by atoms with E-state index < -0.39 is 0 Å². The minimum absolute atomic E-state index is 0.0277. The number of methoxy groups -OCH3 is 1. The van der Waals surface area contributed by atoms with E-state index in [2.05, 4.69) is 5.32 Å². The maximum absolute atomic E-state index is 9.61. The molecule has 0 aromatic heterocycles. The molecule has 1 unspecified atom stereocenters. The minimum Gasteiger partial charge on any atom is -0.504 e. The van der Waals surface area contributed by atoms with Crippen molar-refractivity contribution in [2.75, 3.05) is 33.5 Å². The molecule has 3 N–H and O–H groups in total. The lowest BCUT2D eigenvalue weighted by molar-refractivity contribution is 0.184. The Morgan fingerprint density at radius 2 is 2.17 bits per heavy atom. The quantitative estimate of drug-likeness (QED) is 0.606. The molecule has 0 fully saturated rings. The zero-order chi connectivity index (χ0) is 13.4. The van der Waals surface area contributed by atoms with E-state index in [9.17, 15) is 10.2 Å². The first-order valence-electron chi connectivity index (χ1n) is 6.01. The first kappa shape index (κ1) is 14.8. The van der Waals surface area contributed by atoms with Gasteiger partial charge in [-0.3, -0.25) is 0 Å². The molecule has 0 saturated carbocycles. The molecule has 0 saturated heterocycles. The van der Waals surface area contributed by atoms with E-state index in [0.29, 0.717) is 25.5 Å². The van der Waals surface area contributed by atoms with Crippen LogP contribution in [0.15, 0.2) is 18.2 Å². The maximum Gasteiger partial charge on any atom is 0.161 e. The number of aromatic hydroxyl groups is 1. The second kappa shape index (κ2) is 7.92. The highest BCUT2D eigenvalue weighted by Gasteiger charge is 2.12. The lowest BCUT2D eigenvalue weighted by atomic mass is 10.1. The van der Waals surface area contributed by atoms with Crippen molar-refractivity contribution in [3.05, 3.63) is 23.8 Å². The highest BCUT2D eigenvalue weighted by molar-refractivity contribution is 5.42. The molecule has 0 amide bonds. The number of rotatable bonds is 8. The van der Waals surface area contributed by atoms with E-state index in [1.54, 1.807) is 25.3 Å². The molecule has 0 spiro atoms. The van der Waals surface area contributed by atoms with Crippen LogP contribution in [-0.2, 0) is 4.74 Å². The molecular weight excluding hydrogens is 234 g/mol. The van der Waals surface area contributed by atoms with E-state index in [4.69, 9.17) is 9.47 Å². The molecule has 0 aliphatic heterocycles. The third-order valence-electron chi connectivity index (χ3n) is 2.57. The second-order valence-electron chi connectivity index (χ2n) is 3.84. The van der Waals surface area contributed by atoms with Crippen molar-refractivity contribution in [2.45, 2.75) is 13.0 Å². The predicted octanol–water partition coefficient (Wildman–Crippen LogP) is 1.06. The van der Waals surface area contributed by atoms with Gasteiger partial charge < -0.3 is 25.0 Å². The first-order chi connectivity index (χ1) is 8.72. The topological polar surface area (TPSA) is 71.0 Å². The number of hydrogen-bond donors (Lipinski definition) is 3. The molecule has 1 aromatic rings. The molecule has 0 radical (unpaired) electrons. The van der Waals surface area contributed by atoms with Crippen molar-refractivity contribution >= 4 is 0 Å². The van der Waals surface area contributed by atoms with Crippen molar-refractivity contribution < 1.29 is 19.7 Å². The molecule has 1 atom stereocenters. The lowest BCUT2D eigenvalue weighted by Crippen LogP contribution is -2.27. The second-order valence-corrected chi connectivity index (χ2v) is 3.84. The smallest absolute Gasteiger partial charge is 0.161 e. The summed E-state index contributed by atoms with van der Waals surface area (Å²) < 4.78 is 10.3. The van der Waals surface area contributed by atoms with E-state index in [-0.39, 0.29) is 18.4 Å². The van der Waals surface area contributed by atoms with Crippen molar-refractivity contribution in [1.29, 1.82) is 0 Å². The summed E-state index contributed by atoms with van der Waals surface area (Å²) in [6.45, 7) is 3.53. The Kier molecular flexibility index (Phi) is 6.49. The summed E-state index contributed by atoms with van der Waals surface area (Å²) in [7, 11) is 1.63. The number of phenolic OH excluding ortho intramolecular Hbond substituents is 1. The maximum atomic E-state index is 9.61. The number of aliphatic hydroxyl groups is 1. The van der Waals surface area contributed by atoms with Gasteiger partial charge in [0.05, 0.1) is 25.9 Å². The van der Waals surface area contributed by atoms with Gasteiger partial charge >= 0.3 is 0 Å². The average molecular weight is 255 g/mol. The van der Waals surface area contributed by atoms with Crippen LogP contribution in [0.3, 0.4) is 0 Å². The Hall–Kier alpha value is -1.30. The summed E-state index contributed by atoms with van der Waals surface area (Å²) in [4.78, 5) is 0. The molecule has 102 valence electrons. The molecule has 18 heavy (non-hydrogen) atoms. The van der Waals surface area contributed by atoms with Crippen LogP contribution in [0.4, 0.5) is 0 Å². The molecule has 0 heterocycles. The zero-order valence-corrected chi connectivity index (χ0v) is 10.8. The third-order valence-corrected chi connectivity index (χ3v) is 2.57. The highest BCUT2D eigenvalue weighted by atomic mass is 16.5. The SMILES string of the molecule is CCOc1cc(C(CO)NCCOC)ccc1O. The van der Waals surface area contributed by atoms with Crippen molar-refractivity contribution in [1.82, 2.24) is 5.32 Å². The number of hydrogen-bond acceptors (Lipinski definition) is 5. The summed E-state index contributed by atoms with van der Waals surface area (Å²) in [6.07, 6.45) is 0. The van der Waals surface area contributed by atoms with E-state index in [1.165, 1.54) is 0 Å². The lowest BCUT2D eigenvalue weighted by Gasteiger charge is -2.18. The highest BCUT2D eigenvalue weighted by Crippen LogP contribution is 2.29. The zero-order valence-electron chi connectivity index (χ0n) is 10.8. The van der Waals surface area contributed by atoms with E-state index >= 15 is 0 Å².